The van der Waals surface area contributed by atoms with E-state index in [1.807, 2.05) is 30.3 Å². The summed E-state index contributed by atoms with van der Waals surface area (Å²) in [5.41, 5.74) is 0.962. The maximum absolute atomic E-state index is 12.8. The van der Waals surface area contributed by atoms with Crippen LogP contribution < -0.4 is 0 Å². The minimum absolute atomic E-state index is 0.0348. The number of thiazole rings is 1. The summed E-state index contributed by atoms with van der Waals surface area (Å²) in [6.07, 6.45) is 2.17. The SMILES string of the molecule is CN(C(=O)c1cnc(C(C)(C)C)s1)C(CCO)c1ccccc1. The van der Waals surface area contributed by atoms with Gasteiger partial charge in [-0.15, -0.1) is 11.3 Å². The average Bonchev–Trinajstić information content (AvgIpc) is 3.02. The topological polar surface area (TPSA) is 53.4 Å². The quantitative estimate of drug-likeness (QED) is 0.909. The van der Waals surface area contributed by atoms with E-state index in [1.54, 1.807) is 18.1 Å². The summed E-state index contributed by atoms with van der Waals surface area (Å²) in [5.74, 6) is -0.0553. The van der Waals surface area contributed by atoms with Crippen LogP contribution in [0.4, 0.5) is 0 Å². The first-order valence-corrected chi connectivity index (χ1v) is 8.55. The molecule has 1 amide bonds. The van der Waals surface area contributed by atoms with E-state index in [-0.39, 0.29) is 24.0 Å². The zero-order chi connectivity index (χ0) is 17.0. The summed E-state index contributed by atoms with van der Waals surface area (Å²) >= 11 is 1.44. The molecule has 0 aliphatic carbocycles. The highest BCUT2D eigenvalue weighted by Gasteiger charge is 2.26. The number of aliphatic hydroxyl groups excluding tert-OH is 1. The molecule has 0 bridgehead atoms. The average molecular weight is 332 g/mol. The van der Waals surface area contributed by atoms with Crippen LogP contribution in [-0.4, -0.2) is 34.6 Å². The zero-order valence-corrected chi connectivity index (χ0v) is 14.9. The first-order chi connectivity index (χ1) is 10.8. The van der Waals surface area contributed by atoms with Crippen molar-refractivity contribution in [1.29, 1.82) is 0 Å². The summed E-state index contributed by atoms with van der Waals surface area (Å²) in [4.78, 5) is 19.5. The largest absolute Gasteiger partial charge is 0.396 e. The molecule has 1 heterocycles. The van der Waals surface area contributed by atoms with Crippen LogP contribution in [0.5, 0.6) is 0 Å². The van der Waals surface area contributed by atoms with Gasteiger partial charge in [0.05, 0.1) is 17.2 Å². The van der Waals surface area contributed by atoms with E-state index in [0.29, 0.717) is 11.3 Å². The molecule has 0 radical (unpaired) electrons. The van der Waals surface area contributed by atoms with Crippen LogP contribution in [-0.2, 0) is 5.41 Å². The van der Waals surface area contributed by atoms with Crippen molar-refractivity contribution in [3.8, 4) is 0 Å². The molecule has 1 atom stereocenters. The summed E-state index contributed by atoms with van der Waals surface area (Å²) in [6.45, 7) is 6.29. The molecule has 0 saturated heterocycles. The van der Waals surface area contributed by atoms with Gasteiger partial charge in [0.2, 0.25) is 0 Å². The van der Waals surface area contributed by atoms with Crippen molar-refractivity contribution in [2.45, 2.75) is 38.6 Å². The van der Waals surface area contributed by atoms with E-state index in [0.717, 1.165) is 10.6 Å². The van der Waals surface area contributed by atoms with Crippen molar-refractivity contribution in [1.82, 2.24) is 9.88 Å². The summed E-state index contributed by atoms with van der Waals surface area (Å²) in [6, 6.07) is 9.66. The Hall–Kier alpha value is -1.72. The second-order valence-corrected chi connectivity index (χ2v) is 7.67. The highest BCUT2D eigenvalue weighted by atomic mass is 32.1. The molecular weight excluding hydrogens is 308 g/mol. The lowest BCUT2D eigenvalue weighted by Crippen LogP contribution is -2.31. The summed E-state index contributed by atoms with van der Waals surface area (Å²) in [5, 5.41) is 10.3. The monoisotopic (exact) mass is 332 g/mol. The number of carbonyl (C=O) groups is 1. The number of benzene rings is 1. The number of amides is 1. The van der Waals surface area contributed by atoms with Crippen LogP contribution in [0.15, 0.2) is 36.5 Å². The third-order valence-electron chi connectivity index (χ3n) is 3.73. The van der Waals surface area contributed by atoms with Gasteiger partial charge in [0.25, 0.3) is 5.91 Å². The van der Waals surface area contributed by atoms with Gasteiger partial charge in [0.1, 0.15) is 4.88 Å². The first kappa shape index (κ1) is 17.6. The van der Waals surface area contributed by atoms with Crippen LogP contribution in [0.3, 0.4) is 0 Å². The van der Waals surface area contributed by atoms with Gasteiger partial charge in [-0.1, -0.05) is 51.1 Å². The van der Waals surface area contributed by atoms with E-state index >= 15 is 0 Å². The van der Waals surface area contributed by atoms with Gasteiger partial charge in [0, 0.05) is 19.1 Å². The van der Waals surface area contributed by atoms with Crippen molar-refractivity contribution in [3.05, 3.63) is 52.0 Å². The Bertz CT molecular complexity index is 647. The molecule has 1 unspecified atom stereocenters. The molecule has 1 aromatic carbocycles. The molecule has 0 aliphatic heterocycles. The van der Waals surface area contributed by atoms with Gasteiger partial charge in [-0.3, -0.25) is 4.79 Å². The lowest BCUT2D eigenvalue weighted by molar-refractivity contribution is 0.0710. The number of carbonyl (C=O) groups excluding carboxylic acids is 1. The molecule has 0 saturated carbocycles. The third-order valence-corrected chi connectivity index (χ3v) is 5.14. The Morgan fingerprint density at radius 3 is 2.48 bits per heavy atom. The maximum Gasteiger partial charge on any atom is 0.265 e. The number of aromatic nitrogens is 1. The zero-order valence-electron chi connectivity index (χ0n) is 14.1. The van der Waals surface area contributed by atoms with Crippen molar-refractivity contribution < 1.29 is 9.90 Å². The van der Waals surface area contributed by atoms with Gasteiger partial charge in [0.15, 0.2) is 0 Å². The Balaban J connectivity index is 2.24. The Kier molecular flexibility index (Phi) is 5.55. The number of aliphatic hydroxyl groups is 1. The fourth-order valence-corrected chi connectivity index (χ4v) is 3.37. The fraction of sp³-hybridized carbons (Fsp3) is 0.444. The van der Waals surface area contributed by atoms with Gasteiger partial charge in [-0.05, 0) is 12.0 Å². The molecule has 0 aliphatic rings. The van der Waals surface area contributed by atoms with Crippen molar-refractivity contribution in [2.24, 2.45) is 0 Å². The second-order valence-electron chi connectivity index (χ2n) is 6.63. The van der Waals surface area contributed by atoms with Crippen LogP contribution >= 0.6 is 11.3 Å². The summed E-state index contributed by atoms with van der Waals surface area (Å²) < 4.78 is 0. The molecule has 1 aromatic heterocycles. The molecule has 2 rings (SSSR count). The minimum atomic E-state index is -0.145. The van der Waals surface area contributed by atoms with E-state index in [2.05, 4.69) is 25.8 Å². The number of rotatable bonds is 5. The van der Waals surface area contributed by atoms with E-state index in [9.17, 15) is 9.90 Å². The second kappa shape index (κ2) is 7.23. The lowest BCUT2D eigenvalue weighted by atomic mass is 9.98. The molecule has 0 fully saturated rings. The Labute approximate surface area is 141 Å². The van der Waals surface area contributed by atoms with Crippen LogP contribution in [0, 0.1) is 0 Å². The number of hydrogen-bond acceptors (Lipinski definition) is 4. The maximum atomic E-state index is 12.8. The third kappa shape index (κ3) is 4.18. The van der Waals surface area contributed by atoms with E-state index in [4.69, 9.17) is 0 Å². The molecular formula is C18H24N2O2S. The molecule has 5 heteroatoms. The molecule has 4 nitrogen and oxygen atoms in total. The van der Waals surface area contributed by atoms with Crippen molar-refractivity contribution in [3.63, 3.8) is 0 Å². The fourth-order valence-electron chi connectivity index (χ4n) is 2.42. The Morgan fingerprint density at radius 2 is 1.96 bits per heavy atom. The molecule has 23 heavy (non-hydrogen) atoms. The van der Waals surface area contributed by atoms with Gasteiger partial charge in [-0.2, -0.15) is 0 Å². The highest BCUT2D eigenvalue weighted by molar-refractivity contribution is 7.13. The van der Waals surface area contributed by atoms with E-state index in [1.165, 1.54) is 11.3 Å². The van der Waals surface area contributed by atoms with Crippen LogP contribution in [0.2, 0.25) is 0 Å². The van der Waals surface area contributed by atoms with E-state index < -0.39 is 0 Å². The van der Waals surface area contributed by atoms with Crippen LogP contribution in [0.1, 0.15) is 53.5 Å². The molecule has 2 aromatic rings. The Morgan fingerprint density at radius 1 is 1.30 bits per heavy atom. The highest BCUT2D eigenvalue weighted by Crippen LogP contribution is 2.30. The molecule has 124 valence electrons. The summed E-state index contributed by atoms with van der Waals surface area (Å²) in [7, 11) is 1.78. The standard InChI is InChI=1S/C18H24N2O2S/c1-18(2,3)17-19-12-15(23-17)16(22)20(4)14(10-11-21)13-8-6-5-7-9-13/h5-9,12,14,21H,10-11H2,1-4H3. The normalized spacial score (nSPS) is 12.9. The lowest BCUT2D eigenvalue weighted by Gasteiger charge is -2.27. The molecule has 0 spiro atoms. The molecule has 1 N–H and O–H groups in total. The van der Waals surface area contributed by atoms with Crippen molar-refractivity contribution >= 4 is 17.2 Å². The van der Waals surface area contributed by atoms with Gasteiger partial charge >= 0.3 is 0 Å². The van der Waals surface area contributed by atoms with Gasteiger partial charge < -0.3 is 10.0 Å². The predicted molar refractivity (Wildman–Crippen MR) is 93.8 cm³/mol. The minimum Gasteiger partial charge on any atom is -0.396 e. The predicted octanol–water partition coefficient (Wildman–Crippen LogP) is 3.64. The van der Waals surface area contributed by atoms with Crippen LogP contribution in [0.25, 0.3) is 0 Å². The van der Waals surface area contributed by atoms with Gasteiger partial charge in [-0.25, -0.2) is 4.98 Å². The smallest absolute Gasteiger partial charge is 0.265 e. The van der Waals surface area contributed by atoms with Crippen molar-refractivity contribution in [2.75, 3.05) is 13.7 Å². The number of nitrogens with zero attached hydrogens (tertiary/aromatic N) is 2. The number of hydrogen-bond donors (Lipinski definition) is 1. The first-order valence-electron chi connectivity index (χ1n) is 7.74.